The Hall–Kier alpha value is -2.95. The Balaban J connectivity index is 1.58. The number of amides is 1. The Bertz CT molecular complexity index is 762. The predicted molar refractivity (Wildman–Crippen MR) is 87.9 cm³/mol. The van der Waals surface area contributed by atoms with Crippen LogP contribution in [0.2, 0.25) is 0 Å². The Kier molecular flexibility index (Phi) is 4.47. The van der Waals surface area contributed by atoms with Crippen molar-refractivity contribution >= 4 is 5.91 Å². The molecule has 0 bridgehead atoms. The summed E-state index contributed by atoms with van der Waals surface area (Å²) in [4.78, 5) is 16.1. The van der Waals surface area contributed by atoms with E-state index in [1.165, 1.54) is 11.9 Å². The lowest BCUT2D eigenvalue weighted by Crippen LogP contribution is -2.22. The standard InChI is InChI=1S/C18H18N4O/c1-14-2-4-15(5-3-14)10-20-18(23)17-8-6-16(7-9-17)11-22-13-19-12-21-22/h2-9,12-13H,10-11H2,1H3,(H,20,23). The maximum absolute atomic E-state index is 12.2. The first-order valence-corrected chi connectivity index (χ1v) is 7.46. The topological polar surface area (TPSA) is 59.8 Å². The average Bonchev–Trinajstić information content (AvgIpc) is 3.08. The number of nitrogens with zero attached hydrogens (tertiary/aromatic N) is 3. The second kappa shape index (κ2) is 6.87. The van der Waals surface area contributed by atoms with Crippen molar-refractivity contribution in [3.05, 3.63) is 83.4 Å². The maximum atomic E-state index is 12.2. The lowest BCUT2D eigenvalue weighted by molar-refractivity contribution is 0.0951. The molecule has 1 aromatic heterocycles. The minimum Gasteiger partial charge on any atom is -0.348 e. The third-order valence-electron chi connectivity index (χ3n) is 3.60. The van der Waals surface area contributed by atoms with Crippen LogP contribution in [0, 0.1) is 6.92 Å². The molecular formula is C18H18N4O. The van der Waals surface area contributed by atoms with Crippen molar-refractivity contribution in [3.8, 4) is 0 Å². The van der Waals surface area contributed by atoms with Crippen LogP contribution in [0.1, 0.15) is 27.0 Å². The number of carbonyl (C=O) groups is 1. The van der Waals surface area contributed by atoms with Crippen molar-refractivity contribution in [3.63, 3.8) is 0 Å². The van der Waals surface area contributed by atoms with E-state index in [1.54, 1.807) is 11.0 Å². The largest absolute Gasteiger partial charge is 0.348 e. The third-order valence-corrected chi connectivity index (χ3v) is 3.60. The lowest BCUT2D eigenvalue weighted by atomic mass is 10.1. The van der Waals surface area contributed by atoms with Crippen LogP contribution in [0.3, 0.4) is 0 Å². The number of nitrogens with one attached hydrogen (secondary N) is 1. The Morgan fingerprint density at radius 1 is 1.04 bits per heavy atom. The van der Waals surface area contributed by atoms with Gasteiger partial charge in [-0.1, -0.05) is 42.0 Å². The zero-order valence-electron chi connectivity index (χ0n) is 12.9. The molecule has 116 valence electrons. The van der Waals surface area contributed by atoms with Crippen LogP contribution >= 0.6 is 0 Å². The fourth-order valence-electron chi connectivity index (χ4n) is 2.25. The molecule has 1 heterocycles. The Labute approximate surface area is 135 Å². The van der Waals surface area contributed by atoms with Gasteiger partial charge >= 0.3 is 0 Å². The van der Waals surface area contributed by atoms with Gasteiger partial charge in [0.05, 0.1) is 6.54 Å². The lowest BCUT2D eigenvalue weighted by Gasteiger charge is -2.07. The molecule has 0 saturated heterocycles. The number of hydrogen-bond donors (Lipinski definition) is 1. The van der Waals surface area contributed by atoms with E-state index in [2.05, 4.69) is 15.4 Å². The number of hydrogen-bond acceptors (Lipinski definition) is 3. The molecule has 5 nitrogen and oxygen atoms in total. The highest BCUT2D eigenvalue weighted by atomic mass is 16.1. The first kappa shape index (κ1) is 15.0. The monoisotopic (exact) mass is 306 g/mol. The molecule has 0 aliphatic carbocycles. The van der Waals surface area contributed by atoms with Gasteiger partial charge in [0.25, 0.3) is 5.91 Å². The zero-order valence-corrected chi connectivity index (χ0v) is 12.9. The second-order valence-electron chi connectivity index (χ2n) is 5.46. The summed E-state index contributed by atoms with van der Waals surface area (Å²) >= 11 is 0. The van der Waals surface area contributed by atoms with Gasteiger partial charge in [0.1, 0.15) is 12.7 Å². The van der Waals surface area contributed by atoms with Crippen LogP contribution in [0.4, 0.5) is 0 Å². The van der Waals surface area contributed by atoms with Crippen molar-refractivity contribution in [2.75, 3.05) is 0 Å². The first-order valence-electron chi connectivity index (χ1n) is 7.46. The van der Waals surface area contributed by atoms with Crippen molar-refractivity contribution in [2.45, 2.75) is 20.0 Å². The van der Waals surface area contributed by atoms with Crippen molar-refractivity contribution in [1.29, 1.82) is 0 Å². The van der Waals surface area contributed by atoms with Gasteiger partial charge in [0.2, 0.25) is 0 Å². The van der Waals surface area contributed by atoms with Crippen LogP contribution in [-0.2, 0) is 13.1 Å². The number of aromatic nitrogens is 3. The minimum atomic E-state index is -0.0714. The summed E-state index contributed by atoms with van der Waals surface area (Å²) in [5.74, 6) is -0.0714. The number of carbonyl (C=O) groups excluding carboxylic acids is 1. The molecular weight excluding hydrogens is 288 g/mol. The van der Waals surface area contributed by atoms with E-state index in [1.807, 2.05) is 55.5 Å². The molecule has 0 atom stereocenters. The molecule has 0 aliphatic heterocycles. The molecule has 0 radical (unpaired) electrons. The summed E-state index contributed by atoms with van der Waals surface area (Å²) in [5, 5.41) is 7.00. The highest BCUT2D eigenvalue weighted by Gasteiger charge is 2.05. The van der Waals surface area contributed by atoms with Gasteiger partial charge in [0, 0.05) is 12.1 Å². The molecule has 0 spiro atoms. The minimum absolute atomic E-state index is 0.0714. The average molecular weight is 306 g/mol. The van der Waals surface area contributed by atoms with E-state index >= 15 is 0 Å². The van der Waals surface area contributed by atoms with E-state index < -0.39 is 0 Å². The van der Waals surface area contributed by atoms with E-state index in [4.69, 9.17) is 0 Å². The van der Waals surface area contributed by atoms with E-state index in [-0.39, 0.29) is 5.91 Å². The van der Waals surface area contributed by atoms with Crippen molar-refractivity contribution in [1.82, 2.24) is 20.1 Å². The normalized spacial score (nSPS) is 10.5. The highest BCUT2D eigenvalue weighted by molar-refractivity contribution is 5.94. The van der Waals surface area contributed by atoms with Gasteiger partial charge in [-0.25, -0.2) is 9.67 Å². The second-order valence-corrected chi connectivity index (χ2v) is 5.46. The fraction of sp³-hybridized carbons (Fsp3) is 0.167. The molecule has 3 aromatic rings. The molecule has 2 aromatic carbocycles. The van der Waals surface area contributed by atoms with Crippen molar-refractivity contribution < 1.29 is 4.79 Å². The molecule has 0 saturated carbocycles. The Morgan fingerprint density at radius 3 is 2.39 bits per heavy atom. The summed E-state index contributed by atoms with van der Waals surface area (Å²) in [6.07, 6.45) is 3.18. The summed E-state index contributed by atoms with van der Waals surface area (Å²) in [6.45, 7) is 3.22. The highest BCUT2D eigenvalue weighted by Crippen LogP contribution is 2.07. The zero-order chi connectivity index (χ0) is 16.1. The maximum Gasteiger partial charge on any atom is 0.251 e. The molecule has 3 rings (SSSR count). The van der Waals surface area contributed by atoms with E-state index in [0.29, 0.717) is 18.7 Å². The van der Waals surface area contributed by atoms with Gasteiger partial charge in [0.15, 0.2) is 0 Å². The SMILES string of the molecule is Cc1ccc(CNC(=O)c2ccc(Cn3cncn3)cc2)cc1. The van der Waals surface area contributed by atoms with Gasteiger partial charge in [-0.3, -0.25) is 4.79 Å². The molecule has 23 heavy (non-hydrogen) atoms. The van der Waals surface area contributed by atoms with Crippen LogP contribution in [0.5, 0.6) is 0 Å². The summed E-state index contributed by atoms with van der Waals surface area (Å²) < 4.78 is 1.74. The fourth-order valence-corrected chi connectivity index (χ4v) is 2.25. The smallest absolute Gasteiger partial charge is 0.251 e. The van der Waals surface area contributed by atoms with Gasteiger partial charge in [-0.15, -0.1) is 0 Å². The van der Waals surface area contributed by atoms with E-state index in [9.17, 15) is 4.79 Å². The molecule has 1 N–H and O–H groups in total. The van der Waals surface area contributed by atoms with Crippen LogP contribution < -0.4 is 5.32 Å². The van der Waals surface area contributed by atoms with Crippen LogP contribution in [0.15, 0.2) is 61.2 Å². The quantitative estimate of drug-likeness (QED) is 0.788. The number of rotatable bonds is 5. The third kappa shape index (κ3) is 4.03. The Morgan fingerprint density at radius 2 is 1.74 bits per heavy atom. The van der Waals surface area contributed by atoms with Crippen LogP contribution in [0.25, 0.3) is 0 Å². The predicted octanol–water partition coefficient (Wildman–Crippen LogP) is 2.56. The van der Waals surface area contributed by atoms with E-state index in [0.717, 1.165) is 11.1 Å². The van der Waals surface area contributed by atoms with Crippen LogP contribution in [-0.4, -0.2) is 20.7 Å². The number of aryl methyl sites for hydroxylation is 1. The van der Waals surface area contributed by atoms with Gasteiger partial charge < -0.3 is 5.32 Å². The molecule has 5 heteroatoms. The van der Waals surface area contributed by atoms with Gasteiger partial charge in [-0.2, -0.15) is 5.10 Å². The molecule has 0 fully saturated rings. The molecule has 0 unspecified atom stereocenters. The first-order chi connectivity index (χ1) is 11.2. The molecule has 1 amide bonds. The van der Waals surface area contributed by atoms with Crippen molar-refractivity contribution in [2.24, 2.45) is 0 Å². The summed E-state index contributed by atoms with van der Waals surface area (Å²) in [5.41, 5.74) is 4.03. The summed E-state index contributed by atoms with van der Waals surface area (Å²) in [6, 6.07) is 15.7. The molecule has 0 aliphatic rings. The van der Waals surface area contributed by atoms with Gasteiger partial charge in [-0.05, 0) is 30.2 Å². The number of benzene rings is 2. The summed E-state index contributed by atoms with van der Waals surface area (Å²) in [7, 11) is 0.